The second-order valence-electron chi connectivity index (χ2n) is 6.85. The number of nitrogens with one attached hydrogen (secondary N) is 1. The number of fused-ring (bicyclic) bond motifs is 1. The molecular weight excluding hydrogens is 342 g/mol. The Morgan fingerprint density at radius 3 is 2.56 bits per heavy atom. The van der Waals surface area contributed by atoms with Crippen LogP contribution < -0.4 is 16.1 Å². The molecule has 0 aliphatic carbocycles. The van der Waals surface area contributed by atoms with Gasteiger partial charge >= 0.3 is 5.69 Å². The van der Waals surface area contributed by atoms with Crippen LogP contribution in [0.1, 0.15) is 42.6 Å². The van der Waals surface area contributed by atoms with Gasteiger partial charge in [-0.1, -0.05) is 26.0 Å². The largest absolute Gasteiger partial charge is 0.328 e. The number of aromatic amines is 1. The van der Waals surface area contributed by atoms with Gasteiger partial charge in [-0.3, -0.25) is 14.2 Å². The van der Waals surface area contributed by atoms with Crippen LogP contribution in [-0.4, -0.2) is 22.5 Å². The standard InChI is InChI=1S/C21H23N3O3/c1-5-24-20(26)17-10-9-15(12-18(17)22-21(24)27)19(25)23(4)16-8-6-7-14(11-16)13(2)3/h6-13H,5H2,1-4H3,(H,22,27). The number of hydrogen-bond donors (Lipinski definition) is 1. The highest BCUT2D eigenvalue weighted by molar-refractivity contribution is 6.07. The van der Waals surface area contributed by atoms with Crippen molar-refractivity contribution < 1.29 is 4.79 Å². The average molecular weight is 365 g/mol. The third-order valence-electron chi connectivity index (χ3n) is 4.77. The van der Waals surface area contributed by atoms with Crippen LogP contribution in [0.5, 0.6) is 0 Å². The van der Waals surface area contributed by atoms with Crippen LogP contribution in [0.15, 0.2) is 52.1 Å². The van der Waals surface area contributed by atoms with E-state index in [2.05, 4.69) is 18.8 Å². The first-order valence-corrected chi connectivity index (χ1v) is 8.98. The second kappa shape index (κ2) is 7.23. The molecule has 0 unspecified atom stereocenters. The number of amides is 1. The summed E-state index contributed by atoms with van der Waals surface area (Å²) in [6, 6.07) is 12.6. The maximum absolute atomic E-state index is 12.9. The molecule has 0 saturated carbocycles. The summed E-state index contributed by atoms with van der Waals surface area (Å²) in [6.45, 7) is 6.23. The van der Waals surface area contributed by atoms with Crippen LogP contribution in [0.3, 0.4) is 0 Å². The van der Waals surface area contributed by atoms with Crippen molar-refractivity contribution in [3.63, 3.8) is 0 Å². The van der Waals surface area contributed by atoms with Crippen LogP contribution in [-0.2, 0) is 6.54 Å². The second-order valence-corrected chi connectivity index (χ2v) is 6.85. The maximum Gasteiger partial charge on any atom is 0.328 e. The fourth-order valence-electron chi connectivity index (χ4n) is 3.08. The monoisotopic (exact) mass is 365 g/mol. The molecule has 27 heavy (non-hydrogen) atoms. The molecule has 0 atom stereocenters. The van der Waals surface area contributed by atoms with Crippen molar-refractivity contribution >= 4 is 22.5 Å². The Morgan fingerprint density at radius 1 is 1.15 bits per heavy atom. The van der Waals surface area contributed by atoms with E-state index in [1.54, 1.807) is 37.1 Å². The topological polar surface area (TPSA) is 75.2 Å². The lowest BCUT2D eigenvalue weighted by Crippen LogP contribution is -2.34. The summed E-state index contributed by atoms with van der Waals surface area (Å²) in [5, 5.41) is 0.387. The molecule has 1 N–H and O–H groups in total. The molecule has 0 aliphatic heterocycles. The van der Waals surface area contributed by atoms with Crippen molar-refractivity contribution in [2.24, 2.45) is 0 Å². The summed E-state index contributed by atoms with van der Waals surface area (Å²) in [5.41, 5.74) is 1.89. The zero-order chi connectivity index (χ0) is 19.7. The van der Waals surface area contributed by atoms with Crippen LogP contribution in [0, 0.1) is 0 Å². The Labute approximate surface area is 157 Å². The van der Waals surface area contributed by atoms with Gasteiger partial charge in [0.2, 0.25) is 0 Å². The molecule has 0 radical (unpaired) electrons. The minimum atomic E-state index is -0.474. The normalized spacial score (nSPS) is 11.1. The van der Waals surface area contributed by atoms with Gasteiger partial charge in [-0.05, 0) is 48.7 Å². The molecule has 6 nitrogen and oxygen atoms in total. The lowest BCUT2D eigenvalue weighted by Gasteiger charge is -2.19. The Bertz CT molecular complexity index is 1130. The maximum atomic E-state index is 12.9. The number of hydrogen-bond acceptors (Lipinski definition) is 3. The van der Waals surface area contributed by atoms with E-state index in [4.69, 9.17) is 0 Å². The molecular formula is C21H23N3O3. The smallest absolute Gasteiger partial charge is 0.311 e. The van der Waals surface area contributed by atoms with E-state index in [0.717, 1.165) is 15.8 Å². The lowest BCUT2D eigenvalue weighted by atomic mass is 10.0. The Morgan fingerprint density at radius 2 is 1.89 bits per heavy atom. The van der Waals surface area contributed by atoms with Gasteiger partial charge in [-0.2, -0.15) is 0 Å². The summed E-state index contributed by atoms with van der Waals surface area (Å²) in [4.78, 5) is 41.6. The zero-order valence-corrected chi connectivity index (χ0v) is 15.9. The number of nitrogens with zero attached hydrogens (tertiary/aromatic N) is 2. The van der Waals surface area contributed by atoms with Crippen LogP contribution >= 0.6 is 0 Å². The molecule has 1 amide bonds. The minimum absolute atomic E-state index is 0.210. The molecule has 0 spiro atoms. The van der Waals surface area contributed by atoms with Crippen molar-refractivity contribution in [2.75, 3.05) is 11.9 Å². The predicted octanol–water partition coefficient (Wildman–Crippen LogP) is 3.11. The molecule has 0 bridgehead atoms. The molecule has 1 aromatic heterocycles. The van der Waals surface area contributed by atoms with Crippen LogP contribution in [0.4, 0.5) is 5.69 Å². The first-order chi connectivity index (χ1) is 12.8. The molecule has 3 aromatic rings. The molecule has 0 fully saturated rings. The van der Waals surface area contributed by atoms with E-state index in [0.29, 0.717) is 28.9 Å². The van der Waals surface area contributed by atoms with E-state index in [1.807, 2.05) is 24.3 Å². The number of benzene rings is 2. The van der Waals surface area contributed by atoms with Gasteiger partial charge in [0.05, 0.1) is 10.9 Å². The van der Waals surface area contributed by atoms with Gasteiger partial charge < -0.3 is 9.88 Å². The SMILES string of the molecule is CCn1c(=O)[nH]c2cc(C(=O)N(C)c3cccc(C(C)C)c3)ccc2c1=O. The summed E-state index contributed by atoms with van der Waals surface area (Å²) >= 11 is 0. The molecule has 1 heterocycles. The Balaban J connectivity index is 2.02. The van der Waals surface area contributed by atoms with E-state index >= 15 is 0 Å². The highest BCUT2D eigenvalue weighted by Crippen LogP contribution is 2.22. The predicted molar refractivity (Wildman–Crippen MR) is 108 cm³/mol. The summed E-state index contributed by atoms with van der Waals surface area (Å²) < 4.78 is 1.13. The first-order valence-electron chi connectivity index (χ1n) is 8.98. The van der Waals surface area contributed by atoms with Crippen molar-refractivity contribution in [3.8, 4) is 0 Å². The average Bonchev–Trinajstić information content (AvgIpc) is 2.66. The number of H-pyrrole nitrogens is 1. The van der Waals surface area contributed by atoms with Crippen molar-refractivity contribution in [3.05, 3.63) is 74.4 Å². The highest BCUT2D eigenvalue weighted by atomic mass is 16.2. The summed E-state index contributed by atoms with van der Waals surface area (Å²) in [7, 11) is 1.71. The number of aromatic nitrogens is 2. The van der Waals surface area contributed by atoms with Crippen molar-refractivity contribution in [1.29, 1.82) is 0 Å². The minimum Gasteiger partial charge on any atom is -0.311 e. The number of anilines is 1. The van der Waals surface area contributed by atoms with Gasteiger partial charge in [0.1, 0.15) is 0 Å². The highest BCUT2D eigenvalue weighted by Gasteiger charge is 2.16. The van der Waals surface area contributed by atoms with Gasteiger partial charge in [0.25, 0.3) is 11.5 Å². The van der Waals surface area contributed by atoms with Crippen LogP contribution in [0.2, 0.25) is 0 Å². The Hall–Kier alpha value is -3.15. The Kier molecular flexibility index (Phi) is 4.99. The first kappa shape index (κ1) is 18.6. The molecule has 140 valence electrons. The fraction of sp³-hybridized carbons (Fsp3) is 0.286. The van der Waals surface area contributed by atoms with Gasteiger partial charge in [-0.15, -0.1) is 0 Å². The number of carbonyl (C=O) groups is 1. The molecule has 0 aliphatic rings. The fourth-order valence-corrected chi connectivity index (χ4v) is 3.08. The van der Waals surface area contributed by atoms with E-state index in [1.165, 1.54) is 0 Å². The molecule has 0 saturated heterocycles. The lowest BCUT2D eigenvalue weighted by molar-refractivity contribution is 0.0993. The van der Waals surface area contributed by atoms with E-state index < -0.39 is 5.69 Å². The van der Waals surface area contributed by atoms with Crippen molar-refractivity contribution in [2.45, 2.75) is 33.2 Å². The molecule has 6 heteroatoms. The quantitative estimate of drug-likeness (QED) is 0.772. The molecule has 3 rings (SSSR count). The molecule has 2 aromatic carbocycles. The number of rotatable bonds is 4. The van der Waals surface area contributed by atoms with Gasteiger partial charge in [-0.25, -0.2) is 4.79 Å². The van der Waals surface area contributed by atoms with Crippen LogP contribution in [0.25, 0.3) is 10.9 Å². The van der Waals surface area contributed by atoms with Gasteiger partial charge in [0.15, 0.2) is 0 Å². The van der Waals surface area contributed by atoms with E-state index in [9.17, 15) is 14.4 Å². The number of carbonyl (C=O) groups excluding carboxylic acids is 1. The van der Waals surface area contributed by atoms with Gasteiger partial charge in [0, 0.05) is 24.8 Å². The van der Waals surface area contributed by atoms with E-state index in [-0.39, 0.29) is 11.5 Å². The third-order valence-corrected chi connectivity index (χ3v) is 4.77. The van der Waals surface area contributed by atoms with Crippen molar-refractivity contribution in [1.82, 2.24) is 9.55 Å². The zero-order valence-electron chi connectivity index (χ0n) is 15.9. The third kappa shape index (κ3) is 3.43. The summed E-state index contributed by atoms with van der Waals surface area (Å²) in [5.74, 6) is 0.151. The summed E-state index contributed by atoms with van der Waals surface area (Å²) in [6.07, 6.45) is 0.